The maximum absolute atomic E-state index is 11.6. The molecule has 0 aromatic carbocycles. The summed E-state index contributed by atoms with van der Waals surface area (Å²) in [5, 5.41) is 9.55. The molecule has 17 heavy (non-hydrogen) atoms. The zero-order chi connectivity index (χ0) is 12.5. The highest BCUT2D eigenvalue weighted by molar-refractivity contribution is 5.75. The third kappa shape index (κ3) is 2.65. The van der Waals surface area contributed by atoms with Crippen molar-refractivity contribution in [3.8, 4) is 0 Å². The van der Waals surface area contributed by atoms with Gasteiger partial charge < -0.3 is 10.0 Å². The molecule has 1 heterocycles. The summed E-state index contributed by atoms with van der Waals surface area (Å²) in [6, 6.07) is 0. The van der Waals surface area contributed by atoms with Crippen molar-refractivity contribution in [3.05, 3.63) is 0 Å². The summed E-state index contributed by atoms with van der Waals surface area (Å²) < 4.78 is 0. The van der Waals surface area contributed by atoms with E-state index in [4.69, 9.17) is 0 Å². The van der Waals surface area contributed by atoms with Crippen molar-refractivity contribution >= 4 is 5.97 Å². The molecular weight excluding hydrogens is 214 g/mol. The van der Waals surface area contributed by atoms with Gasteiger partial charge in [0, 0.05) is 19.6 Å². The van der Waals surface area contributed by atoms with E-state index in [1.165, 1.54) is 6.42 Å². The van der Waals surface area contributed by atoms with Crippen LogP contribution in [0, 0.1) is 17.3 Å². The Morgan fingerprint density at radius 2 is 1.71 bits per heavy atom. The van der Waals surface area contributed by atoms with Crippen molar-refractivity contribution in [2.24, 2.45) is 17.3 Å². The molecule has 2 fully saturated rings. The molecule has 3 heteroatoms. The Hall–Kier alpha value is -0.570. The summed E-state index contributed by atoms with van der Waals surface area (Å²) in [6.07, 6.45) is 5.14. The first-order chi connectivity index (χ1) is 8.03. The van der Waals surface area contributed by atoms with Crippen LogP contribution in [0.25, 0.3) is 0 Å². The number of likely N-dealkylation sites (tertiary alicyclic amines) is 1. The Morgan fingerprint density at radius 1 is 1.18 bits per heavy atom. The highest BCUT2D eigenvalue weighted by Crippen LogP contribution is 2.38. The predicted octanol–water partition coefficient (Wildman–Crippen LogP) is 2.61. The zero-order valence-corrected chi connectivity index (χ0v) is 11.1. The molecule has 1 aliphatic carbocycles. The zero-order valence-electron chi connectivity index (χ0n) is 11.1. The van der Waals surface area contributed by atoms with Crippen LogP contribution in [-0.2, 0) is 4.79 Å². The van der Waals surface area contributed by atoms with Crippen molar-refractivity contribution in [3.63, 3.8) is 0 Å². The molecule has 1 N–H and O–H groups in total. The van der Waals surface area contributed by atoms with Crippen LogP contribution < -0.4 is 0 Å². The van der Waals surface area contributed by atoms with Gasteiger partial charge in [0.05, 0.1) is 5.41 Å². The Bertz CT molecular complexity index is 274. The van der Waals surface area contributed by atoms with Gasteiger partial charge >= 0.3 is 5.97 Å². The largest absolute Gasteiger partial charge is 0.481 e. The number of hydrogen-bond acceptors (Lipinski definition) is 2. The van der Waals surface area contributed by atoms with Crippen LogP contribution >= 0.6 is 0 Å². The summed E-state index contributed by atoms with van der Waals surface area (Å²) >= 11 is 0. The minimum Gasteiger partial charge on any atom is -0.481 e. The predicted molar refractivity (Wildman–Crippen MR) is 67.9 cm³/mol. The van der Waals surface area contributed by atoms with Gasteiger partial charge in [0.2, 0.25) is 0 Å². The summed E-state index contributed by atoms with van der Waals surface area (Å²) in [7, 11) is 0. The van der Waals surface area contributed by atoms with Crippen molar-refractivity contribution < 1.29 is 9.90 Å². The van der Waals surface area contributed by atoms with Crippen LogP contribution in [0.1, 0.15) is 46.0 Å². The monoisotopic (exact) mass is 239 g/mol. The lowest BCUT2D eigenvalue weighted by Gasteiger charge is -2.36. The van der Waals surface area contributed by atoms with Crippen molar-refractivity contribution in [1.29, 1.82) is 0 Å². The highest BCUT2D eigenvalue weighted by Gasteiger charge is 2.42. The number of carboxylic acids is 1. The molecule has 0 radical (unpaired) electrons. The number of nitrogens with zero attached hydrogens (tertiary/aromatic N) is 1. The summed E-state index contributed by atoms with van der Waals surface area (Å²) in [4.78, 5) is 14.0. The second-order valence-corrected chi connectivity index (χ2v) is 6.29. The number of rotatable bonds is 3. The molecule has 1 aliphatic heterocycles. The smallest absolute Gasteiger partial charge is 0.310 e. The van der Waals surface area contributed by atoms with Gasteiger partial charge in [-0.15, -0.1) is 0 Å². The van der Waals surface area contributed by atoms with E-state index >= 15 is 0 Å². The van der Waals surface area contributed by atoms with Crippen LogP contribution in [0.3, 0.4) is 0 Å². The van der Waals surface area contributed by atoms with E-state index in [-0.39, 0.29) is 0 Å². The fourth-order valence-corrected chi connectivity index (χ4v) is 3.47. The van der Waals surface area contributed by atoms with Gasteiger partial charge in [-0.25, -0.2) is 0 Å². The molecule has 0 amide bonds. The molecule has 1 saturated carbocycles. The Balaban J connectivity index is 2.01. The van der Waals surface area contributed by atoms with Gasteiger partial charge in [-0.1, -0.05) is 33.1 Å². The van der Waals surface area contributed by atoms with Crippen LogP contribution in [0.15, 0.2) is 0 Å². The topological polar surface area (TPSA) is 40.5 Å². The highest BCUT2D eigenvalue weighted by atomic mass is 16.4. The quantitative estimate of drug-likeness (QED) is 0.823. The lowest BCUT2D eigenvalue weighted by Crippen LogP contribution is -2.44. The van der Waals surface area contributed by atoms with Crippen LogP contribution in [0.2, 0.25) is 0 Å². The molecule has 3 nitrogen and oxygen atoms in total. The third-order valence-corrected chi connectivity index (χ3v) is 4.85. The molecule has 2 rings (SSSR count). The number of carboxylic acid groups (broad SMARTS) is 1. The van der Waals surface area contributed by atoms with Crippen molar-refractivity contribution in [2.45, 2.75) is 46.0 Å². The molecule has 98 valence electrons. The van der Waals surface area contributed by atoms with E-state index in [9.17, 15) is 9.90 Å². The van der Waals surface area contributed by atoms with Crippen LogP contribution in [-0.4, -0.2) is 35.6 Å². The molecule has 2 aliphatic rings. The summed E-state index contributed by atoms with van der Waals surface area (Å²) in [5.74, 6) is 0.860. The van der Waals surface area contributed by atoms with Gasteiger partial charge in [-0.2, -0.15) is 0 Å². The standard InChI is InChI=1S/C14H25NO2/c1-11-8-15(9-12(11)2)10-14(13(16)17)6-4-3-5-7-14/h11-12H,3-10H2,1-2H3,(H,16,17). The Labute approximate surface area is 104 Å². The molecule has 2 atom stereocenters. The first-order valence-electron chi connectivity index (χ1n) is 6.99. The SMILES string of the molecule is CC1CN(CC2(C(=O)O)CCCCC2)CC1C. The van der Waals surface area contributed by atoms with E-state index in [1.807, 2.05) is 0 Å². The maximum atomic E-state index is 11.6. The average molecular weight is 239 g/mol. The van der Waals surface area contributed by atoms with Gasteiger partial charge in [0.15, 0.2) is 0 Å². The summed E-state index contributed by atoms with van der Waals surface area (Å²) in [5.41, 5.74) is -0.442. The number of aliphatic carboxylic acids is 1. The maximum Gasteiger partial charge on any atom is 0.310 e. The second-order valence-electron chi connectivity index (χ2n) is 6.29. The lowest BCUT2D eigenvalue weighted by atomic mass is 9.73. The first kappa shape index (κ1) is 12.9. The Kier molecular flexibility index (Phi) is 3.76. The van der Waals surface area contributed by atoms with Gasteiger partial charge in [-0.3, -0.25) is 4.79 Å². The first-order valence-corrected chi connectivity index (χ1v) is 6.99. The molecule has 0 aromatic heterocycles. The van der Waals surface area contributed by atoms with E-state index in [0.717, 1.165) is 45.3 Å². The molecular formula is C14H25NO2. The van der Waals surface area contributed by atoms with E-state index in [0.29, 0.717) is 11.8 Å². The van der Waals surface area contributed by atoms with Gasteiger partial charge in [0.25, 0.3) is 0 Å². The lowest BCUT2D eigenvalue weighted by molar-refractivity contribution is -0.152. The molecule has 1 saturated heterocycles. The van der Waals surface area contributed by atoms with Crippen LogP contribution in [0.5, 0.6) is 0 Å². The molecule has 0 spiro atoms. The fraction of sp³-hybridized carbons (Fsp3) is 0.929. The Morgan fingerprint density at radius 3 is 2.18 bits per heavy atom. The average Bonchev–Trinajstić information content (AvgIpc) is 2.59. The third-order valence-electron chi connectivity index (χ3n) is 4.85. The second kappa shape index (κ2) is 4.97. The van der Waals surface area contributed by atoms with E-state index in [1.54, 1.807) is 0 Å². The molecule has 2 unspecified atom stereocenters. The van der Waals surface area contributed by atoms with Crippen molar-refractivity contribution in [1.82, 2.24) is 4.90 Å². The number of carbonyl (C=O) groups is 1. The molecule has 0 bridgehead atoms. The van der Waals surface area contributed by atoms with Crippen LogP contribution in [0.4, 0.5) is 0 Å². The van der Waals surface area contributed by atoms with E-state index < -0.39 is 11.4 Å². The minimum atomic E-state index is -0.565. The van der Waals surface area contributed by atoms with Gasteiger partial charge in [-0.05, 0) is 24.7 Å². The fourth-order valence-electron chi connectivity index (χ4n) is 3.47. The summed E-state index contributed by atoms with van der Waals surface area (Å²) in [6.45, 7) is 7.49. The minimum absolute atomic E-state index is 0.442. The van der Waals surface area contributed by atoms with Crippen molar-refractivity contribution in [2.75, 3.05) is 19.6 Å². The number of hydrogen-bond donors (Lipinski definition) is 1. The van der Waals surface area contributed by atoms with E-state index in [2.05, 4.69) is 18.7 Å². The normalized spacial score (nSPS) is 33.8. The van der Waals surface area contributed by atoms with Gasteiger partial charge in [0.1, 0.15) is 0 Å². The molecule has 0 aromatic rings.